The fourth-order valence-electron chi connectivity index (χ4n) is 3.02. The van der Waals surface area contributed by atoms with E-state index in [0.29, 0.717) is 5.92 Å². The topological polar surface area (TPSA) is 55.1 Å². The van der Waals surface area contributed by atoms with Gasteiger partial charge >= 0.3 is 0 Å². The van der Waals surface area contributed by atoms with E-state index in [1.54, 1.807) is 0 Å². The van der Waals surface area contributed by atoms with Crippen LogP contribution in [-0.2, 0) is 4.79 Å². The molecule has 1 atom stereocenters. The molecule has 0 saturated heterocycles. The van der Waals surface area contributed by atoms with Crippen molar-refractivity contribution < 1.29 is 4.79 Å². The Balaban J connectivity index is 1.54. The van der Waals surface area contributed by atoms with E-state index in [9.17, 15) is 4.79 Å². The summed E-state index contributed by atoms with van der Waals surface area (Å²) in [5.74, 6) is 2.38. The standard InChI is InChI=1S/C17H24N2O/c1-11-2-4-14(5-3-11)16(18)17(20)19-10-15(12-6-7-12)13-8-9-13/h2-5,12-13,15-16H,6-10,18H2,1H3,(H,19,20). The highest BCUT2D eigenvalue weighted by Crippen LogP contribution is 2.48. The van der Waals surface area contributed by atoms with Gasteiger partial charge < -0.3 is 11.1 Å². The average molecular weight is 272 g/mol. The minimum atomic E-state index is -0.547. The van der Waals surface area contributed by atoms with Crippen molar-refractivity contribution in [2.24, 2.45) is 23.5 Å². The zero-order valence-corrected chi connectivity index (χ0v) is 12.1. The van der Waals surface area contributed by atoms with Crippen molar-refractivity contribution >= 4 is 5.91 Å². The SMILES string of the molecule is Cc1ccc(C(N)C(=O)NCC(C2CC2)C2CC2)cc1. The molecule has 0 heterocycles. The van der Waals surface area contributed by atoms with Crippen molar-refractivity contribution in [2.45, 2.75) is 38.6 Å². The highest BCUT2D eigenvalue weighted by molar-refractivity contribution is 5.82. The van der Waals surface area contributed by atoms with Crippen molar-refractivity contribution in [2.75, 3.05) is 6.54 Å². The molecule has 2 fully saturated rings. The summed E-state index contributed by atoms with van der Waals surface area (Å²) in [5.41, 5.74) is 8.12. The van der Waals surface area contributed by atoms with Crippen LogP contribution in [0, 0.1) is 24.7 Å². The lowest BCUT2D eigenvalue weighted by molar-refractivity contribution is -0.122. The molecular formula is C17H24N2O. The van der Waals surface area contributed by atoms with E-state index in [-0.39, 0.29) is 5.91 Å². The minimum absolute atomic E-state index is 0.0415. The molecule has 20 heavy (non-hydrogen) atoms. The third-order valence-corrected chi connectivity index (χ3v) is 4.69. The Morgan fingerprint density at radius 3 is 2.25 bits per heavy atom. The number of carbonyl (C=O) groups excluding carboxylic acids is 1. The summed E-state index contributed by atoms with van der Waals surface area (Å²) in [5, 5.41) is 3.07. The molecule has 2 saturated carbocycles. The number of carbonyl (C=O) groups is 1. The molecule has 108 valence electrons. The second-order valence-electron chi connectivity index (χ2n) is 6.47. The second kappa shape index (κ2) is 5.57. The van der Waals surface area contributed by atoms with Gasteiger partial charge in [0.05, 0.1) is 0 Å². The van der Waals surface area contributed by atoms with Gasteiger partial charge in [0, 0.05) is 6.54 Å². The largest absolute Gasteiger partial charge is 0.354 e. The monoisotopic (exact) mass is 272 g/mol. The predicted molar refractivity (Wildman–Crippen MR) is 80.1 cm³/mol. The van der Waals surface area contributed by atoms with E-state index in [1.165, 1.54) is 31.2 Å². The maximum absolute atomic E-state index is 12.2. The molecular weight excluding hydrogens is 248 g/mol. The maximum atomic E-state index is 12.2. The molecule has 3 nitrogen and oxygen atoms in total. The van der Waals surface area contributed by atoms with Gasteiger partial charge in [-0.2, -0.15) is 0 Å². The van der Waals surface area contributed by atoms with Crippen LogP contribution in [0.25, 0.3) is 0 Å². The first-order valence-corrected chi connectivity index (χ1v) is 7.75. The predicted octanol–water partition coefficient (Wildman–Crippen LogP) is 2.55. The Hall–Kier alpha value is -1.35. The maximum Gasteiger partial charge on any atom is 0.241 e. The third kappa shape index (κ3) is 3.21. The smallest absolute Gasteiger partial charge is 0.241 e. The summed E-state index contributed by atoms with van der Waals surface area (Å²) in [4.78, 5) is 12.2. The van der Waals surface area contributed by atoms with Gasteiger partial charge in [-0.15, -0.1) is 0 Å². The fraction of sp³-hybridized carbons (Fsp3) is 0.588. The highest BCUT2D eigenvalue weighted by Gasteiger charge is 2.41. The Kier molecular flexibility index (Phi) is 3.79. The molecule has 0 radical (unpaired) electrons. The quantitative estimate of drug-likeness (QED) is 0.836. The lowest BCUT2D eigenvalue weighted by Gasteiger charge is -2.18. The van der Waals surface area contributed by atoms with Crippen molar-refractivity contribution in [3.05, 3.63) is 35.4 Å². The summed E-state index contributed by atoms with van der Waals surface area (Å²) < 4.78 is 0. The van der Waals surface area contributed by atoms with Gasteiger partial charge in [0.2, 0.25) is 5.91 Å². The van der Waals surface area contributed by atoms with Crippen molar-refractivity contribution in [3.63, 3.8) is 0 Å². The lowest BCUT2D eigenvalue weighted by atomic mass is 9.97. The molecule has 3 rings (SSSR count). The van der Waals surface area contributed by atoms with Crippen LogP contribution in [0.2, 0.25) is 0 Å². The Morgan fingerprint density at radius 2 is 1.75 bits per heavy atom. The molecule has 0 spiro atoms. The third-order valence-electron chi connectivity index (χ3n) is 4.69. The van der Waals surface area contributed by atoms with Crippen LogP contribution in [0.1, 0.15) is 42.9 Å². The first-order valence-electron chi connectivity index (χ1n) is 7.75. The van der Waals surface area contributed by atoms with Crippen LogP contribution in [-0.4, -0.2) is 12.5 Å². The van der Waals surface area contributed by atoms with Gasteiger partial charge in [-0.3, -0.25) is 4.79 Å². The number of rotatable bonds is 6. The van der Waals surface area contributed by atoms with Gasteiger partial charge in [-0.1, -0.05) is 29.8 Å². The van der Waals surface area contributed by atoms with Crippen LogP contribution in [0.3, 0.4) is 0 Å². The fourth-order valence-corrected chi connectivity index (χ4v) is 3.02. The summed E-state index contributed by atoms with van der Waals surface area (Å²) in [6.45, 7) is 2.85. The number of hydrogen-bond acceptors (Lipinski definition) is 2. The first-order chi connectivity index (χ1) is 9.65. The van der Waals surface area contributed by atoms with E-state index in [0.717, 1.165) is 23.9 Å². The van der Waals surface area contributed by atoms with Crippen molar-refractivity contribution in [1.82, 2.24) is 5.32 Å². The van der Waals surface area contributed by atoms with Crippen LogP contribution in [0.5, 0.6) is 0 Å². The molecule has 1 aromatic carbocycles. The normalized spacial score (nSPS) is 19.9. The lowest BCUT2D eigenvalue weighted by Crippen LogP contribution is -2.37. The highest BCUT2D eigenvalue weighted by atomic mass is 16.2. The van der Waals surface area contributed by atoms with Crippen LogP contribution in [0.15, 0.2) is 24.3 Å². The van der Waals surface area contributed by atoms with E-state index in [4.69, 9.17) is 5.73 Å². The number of aryl methyl sites for hydroxylation is 1. The van der Waals surface area contributed by atoms with Crippen LogP contribution in [0.4, 0.5) is 0 Å². The molecule has 3 N–H and O–H groups in total. The molecule has 2 aliphatic carbocycles. The Bertz CT molecular complexity index is 462. The van der Waals surface area contributed by atoms with E-state index in [1.807, 2.05) is 31.2 Å². The van der Waals surface area contributed by atoms with Gasteiger partial charge in [-0.05, 0) is 55.9 Å². The van der Waals surface area contributed by atoms with Gasteiger partial charge in [0.15, 0.2) is 0 Å². The number of benzene rings is 1. The zero-order valence-electron chi connectivity index (χ0n) is 12.1. The minimum Gasteiger partial charge on any atom is -0.354 e. The molecule has 1 unspecified atom stereocenters. The first kappa shape index (κ1) is 13.6. The zero-order chi connectivity index (χ0) is 14.1. The molecule has 2 aliphatic rings. The number of hydrogen-bond donors (Lipinski definition) is 2. The van der Waals surface area contributed by atoms with Gasteiger partial charge in [0.1, 0.15) is 6.04 Å². The molecule has 3 heteroatoms. The van der Waals surface area contributed by atoms with E-state index in [2.05, 4.69) is 5.32 Å². The van der Waals surface area contributed by atoms with Gasteiger partial charge in [-0.25, -0.2) is 0 Å². The average Bonchev–Trinajstić information content (AvgIpc) is 3.32. The number of nitrogens with two attached hydrogens (primary N) is 1. The van der Waals surface area contributed by atoms with Gasteiger partial charge in [0.25, 0.3) is 0 Å². The van der Waals surface area contributed by atoms with Crippen LogP contribution < -0.4 is 11.1 Å². The molecule has 1 aromatic rings. The second-order valence-corrected chi connectivity index (χ2v) is 6.47. The van der Waals surface area contributed by atoms with Crippen molar-refractivity contribution in [3.8, 4) is 0 Å². The van der Waals surface area contributed by atoms with Crippen LogP contribution >= 0.6 is 0 Å². The number of nitrogens with one attached hydrogen (secondary N) is 1. The molecule has 0 bridgehead atoms. The molecule has 1 amide bonds. The number of amides is 1. The summed E-state index contributed by atoms with van der Waals surface area (Å²) in [6, 6.07) is 7.34. The molecule has 0 aromatic heterocycles. The van der Waals surface area contributed by atoms with Crippen molar-refractivity contribution in [1.29, 1.82) is 0 Å². The van der Waals surface area contributed by atoms with E-state index < -0.39 is 6.04 Å². The summed E-state index contributed by atoms with van der Waals surface area (Å²) >= 11 is 0. The van der Waals surface area contributed by atoms with E-state index >= 15 is 0 Å². The molecule has 0 aliphatic heterocycles. The Labute approximate surface area is 120 Å². The Morgan fingerprint density at radius 1 is 1.20 bits per heavy atom. The summed E-state index contributed by atoms with van der Waals surface area (Å²) in [7, 11) is 0. The summed E-state index contributed by atoms with van der Waals surface area (Å²) in [6.07, 6.45) is 5.39.